The van der Waals surface area contributed by atoms with E-state index in [9.17, 15) is 4.39 Å². The molecule has 0 fully saturated rings. The number of hydrogen-bond donors (Lipinski definition) is 0. The van der Waals surface area contributed by atoms with Gasteiger partial charge < -0.3 is 0 Å². The average Bonchev–Trinajstić information content (AvgIpc) is 2.34. The second-order valence-corrected chi connectivity index (χ2v) is 4.12. The van der Waals surface area contributed by atoms with Crippen LogP contribution in [-0.2, 0) is 6.42 Å². The second-order valence-electron chi connectivity index (χ2n) is 4.12. The van der Waals surface area contributed by atoms with E-state index < -0.39 is 0 Å². The first-order chi connectivity index (χ1) is 8.20. The van der Waals surface area contributed by atoms with E-state index in [0.717, 1.165) is 29.5 Å². The predicted molar refractivity (Wildman–Crippen MR) is 66.2 cm³/mol. The molecule has 0 atom stereocenters. The highest BCUT2D eigenvalue weighted by Gasteiger charge is 2.06. The van der Waals surface area contributed by atoms with Crippen molar-refractivity contribution in [2.24, 2.45) is 0 Å². The molecule has 1 aromatic carbocycles. The molecular weight excluding hydrogens is 215 g/mol. The molecule has 17 heavy (non-hydrogen) atoms. The lowest BCUT2D eigenvalue weighted by atomic mass is 10.1. The van der Waals surface area contributed by atoms with Crippen LogP contribution in [0.25, 0.3) is 11.4 Å². The Kier molecular flexibility index (Phi) is 3.47. The number of hydrogen-bond acceptors (Lipinski definition) is 2. The highest BCUT2D eigenvalue weighted by molar-refractivity contribution is 5.59. The molecule has 0 aliphatic carbocycles. The third-order valence-electron chi connectivity index (χ3n) is 2.68. The van der Waals surface area contributed by atoms with Crippen LogP contribution in [0.3, 0.4) is 0 Å². The summed E-state index contributed by atoms with van der Waals surface area (Å²) < 4.78 is 13.2. The minimum absolute atomic E-state index is 0.258. The highest BCUT2D eigenvalue weighted by Crippen LogP contribution is 2.20. The van der Waals surface area contributed by atoms with Gasteiger partial charge in [0.2, 0.25) is 0 Å². The molecule has 0 unspecified atom stereocenters. The third kappa shape index (κ3) is 2.67. The summed E-state index contributed by atoms with van der Waals surface area (Å²) in [4.78, 5) is 8.58. The average molecular weight is 230 g/mol. The van der Waals surface area contributed by atoms with Crippen molar-refractivity contribution in [3.63, 3.8) is 0 Å². The Labute approximate surface area is 101 Å². The van der Waals surface area contributed by atoms with Crippen molar-refractivity contribution >= 4 is 0 Å². The second kappa shape index (κ2) is 5.04. The number of benzene rings is 1. The molecule has 2 aromatic rings. The minimum atomic E-state index is -0.258. The summed E-state index contributed by atoms with van der Waals surface area (Å²) in [5, 5.41) is 0. The summed E-state index contributed by atoms with van der Waals surface area (Å²) in [6.07, 6.45) is 5.68. The molecule has 0 saturated heterocycles. The highest BCUT2D eigenvalue weighted by atomic mass is 19.1. The Morgan fingerprint density at radius 1 is 1.18 bits per heavy atom. The van der Waals surface area contributed by atoms with Gasteiger partial charge in [-0.15, -0.1) is 0 Å². The zero-order valence-corrected chi connectivity index (χ0v) is 10.1. The summed E-state index contributed by atoms with van der Waals surface area (Å²) in [5.41, 5.74) is 2.85. The van der Waals surface area contributed by atoms with Gasteiger partial charge in [-0.2, -0.15) is 0 Å². The molecule has 2 rings (SSSR count). The summed E-state index contributed by atoms with van der Waals surface area (Å²) >= 11 is 0. The van der Waals surface area contributed by atoms with Gasteiger partial charge >= 0.3 is 0 Å². The van der Waals surface area contributed by atoms with Crippen molar-refractivity contribution in [1.29, 1.82) is 0 Å². The zero-order valence-electron chi connectivity index (χ0n) is 10.1. The van der Waals surface area contributed by atoms with Gasteiger partial charge in [0.1, 0.15) is 5.82 Å². The summed E-state index contributed by atoms with van der Waals surface area (Å²) in [5.74, 6) is 0.327. The van der Waals surface area contributed by atoms with Crippen LogP contribution < -0.4 is 0 Å². The molecule has 0 aliphatic rings. The van der Waals surface area contributed by atoms with Crippen LogP contribution in [0.4, 0.5) is 4.39 Å². The molecule has 0 N–H and O–H groups in total. The molecule has 0 radical (unpaired) electrons. The van der Waals surface area contributed by atoms with Crippen LogP contribution in [0.5, 0.6) is 0 Å². The number of rotatable bonds is 3. The van der Waals surface area contributed by atoms with Crippen LogP contribution in [0.2, 0.25) is 0 Å². The van der Waals surface area contributed by atoms with E-state index >= 15 is 0 Å². The first kappa shape index (κ1) is 11.7. The molecule has 88 valence electrons. The lowest BCUT2D eigenvalue weighted by Gasteiger charge is -2.05. The Bertz CT molecular complexity index is 506. The van der Waals surface area contributed by atoms with Crippen molar-refractivity contribution < 1.29 is 4.39 Å². The Balaban J connectivity index is 2.36. The zero-order chi connectivity index (χ0) is 12.3. The summed E-state index contributed by atoms with van der Waals surface area (Å²) in [6.45, 7) is 4.04. The fraction of sp³-hybridized carbons (Fsp3) is 0.286. The number of halogens is 1. The lowest BCUT2D eigenvalue weighted by molar-refractivity contribution is 0.627. The first-order valence-corrected chi connectivity index (χ1v) is 5.78. The fourth-order valence-corrected chi connectivity index (χ4v) is 1.75. The van der Waals surface area contributed by atoms with E-state index in [-0.39, 0.29) is 5.82 Å². The van der Waals surface area contributed by atoms with Crippen molar-refractivity contribution in [3.05, 3.63) is 47.5 Å². The van der Waals surface area contributed by atoms with E-state index in [0.29, 0.717) is 5.82 Å². The molecular formula is C14H15FN2. The quantitative estimate of drug-likeness (QED) is 0.806. The van der Waals surface area contributed by atoms with Gasteiger partial charge in [-0.25, -0.2) is 14.4 Å². The summed E-state index contributed by atoms with van der Waals surface area (Å²) in [6, 6.07) is 4.67. The normalized spacial score (nSPS) is 10.5. The molecule has 3 heteroatoms. The lowest BCUT2D eigenvalue weighted by Crippen LogP contribution is -1.94. The van der Waals surface area contributed by atoms with Crippen molar-refractivity contribution in [2.75, 3.05) is 0 Å². The van der Waals surface area contributed by atoms with Gasteiger partial charge in [0.05, 0.1) is 0 Å². The van der Waals surface area contributed by atoms with Gasteiger partial charge in [0.25, 0.3) is 0 Å². The van der Waals surface area contributed by atoms with Gasteiger partial charge in [-0.1, -0.05) is 19.4 Å². The van der Waals surface area contributed by atoms with Crippen LogP contribution in [0.15, 0.2) is 30.6 Å². The number of aryl methyl sites for hydroxylation is 2. The molecule has 0 saturated carbocycles. The van der Waals surface area contributed by atoms with E-state index in [4.69, 9.17) is 0 Å². The van der Waals surface area contributed by atoms with E-state index in [1.807, 2.05) is 19.3 Å². The fourth-order valence-electron chi connectivity index (χ4n) is 1.75. The topological polar surface area (TPSA) is 25.8 Å². The summed E-state index contributed by atoms with van der Waals surface area (Å²) in [7, 11) is 0. The first-order valence-electron chi connectivity index (χ1n) is 5.78. The predicted octanol–water partition coefficient (Wildman–Crippen LogP) is 3.54. The van der Waals surface area contributed by atoms with Crippen molar-refractivity contribution in [2.45, 2.75) is 26.7 Å². The standard InChI is InChI=1S/C14H15FN2/c1-3-4-11-8-16-14(17-9-11)13-7-12(15)6-5-10(13)2/h5-9H,3-4H2,1-2H3. The van der Waals surface area contributed by atoms with E-state index in [1.165, 1.54) is 12.1 Å². The smallest absolute Gasteiger partial charge is 0.159 e. The SMILES string of the molecule is CCCc1cnc(-c2cc(F)ccc2C)nc1. The molecule has 0 spiro atoms. The van der Waals surface area contributed by atoms with Gasteiger partial charge in [-0.05, 0) is 36.6 Å². The minimum Gasteiger partial charge on any atom is -0.236 e. The van der Waals surface area contributed by atoms with Crippen LogP contribution >= 0.6 is 0 Å². The Morgan fingerprint density at radius 2 is 1.88 bits per heavy atom. The molecule has 0 amide bonds. The maximum atomic E-state index is 13.2. The van der Waals surface area contributed by atoms with E-state index in [1.54, 1.807) is 6.07 Å². The maximum Gasteiger partial charge on any atom is 0.159 e. The largest absolute Gasteiger partial charge is 0.236 e. The monoisotopic (exact) mass is 230 g/mol. The van der Waals surface area contributed by atoms with Gasteiger partial charge in [-0.3, -0.25) is 0 Å². The van der Waals surface area contributed by atoms with Crippen LogP contribution in [0, 0.1) is 12.7 Å². The molecule has 0 aliphatic heterocycles. The Hall–Kier alpha value is -1.77. The van der Waals surface area contributed by atoms with Crippen LogP contribution in [-0.4, -0.2) is 9.97 Å². The molecule has 1 aromatic heterocycles. The molecule has 0 bridgehead atoms. The number of aromatic nitrogens is 2. The molecule has 1 heterocycles. The van der Waals surface area contributed by atoms with Crippen LogP contribution in [0.1, 0.15) is 24.5 Å². The van der Waals surface area contributed by atoms with Gasteiger partial charge in [0.15, 0.2) is 5.82 Å². The van der Waals surface area contributed by atoms with E-state index in [2.05, 4.69) is 16.9 Å². The number of nitrogens with zero attached hydrogens (tertiary/aromatic N) is 2. The van der Waals surface area contributed by atoms with Crippen molar-refractivity contribution in [1.82, 2.24) is 9.97 Å². The molecule has 2 nitrogen and oxygen atoms in total. The maximum absolute atomic E-state index is 13.2. The third-order valence-corrected chi connectivity index (χ3v) is 2.68. The van der Waals surface area contributed by atoms with Gasteiger partial charge in [0, 0.05) is 18.0 Å². The Morgan fingerprint density at radius 3 is 2.53 bits per heavy atom. The van der Waals surface area contributed by atoms with Crippen molar-refractivity contribution in [3.8, 4) is 11.4 Å².